The first-order chi connectivity index (χ1) is 5.17. The van der Waals surface area contributed by atoms with E-state index in [9.17, 15) is 0 Å². The van der Waals surface area contributed by atoms with Crippen LogP contribution in [0.3, 0.4) is 0 Å². The number of alkyl halides is 1. The number of nitrogens with zero attached hydrogens (tertiary/aromatic N) is 1. The third kappa shape index (κ3) is 1.93. The lowest BCUT2D eigenvalue weighted by Gasteiger charge is -2.18. The van der Waals surface area contributed by atoms with Gasteiger partial charge in [0, 0.05) is 6.20 Å². The van der Waals surface area contributed by atoms with Gasteiger partial charge in [-0.3, -0.25) is 4.98 Å². The topological polar surface area (TPSA) is 12.9 Å². The lowest BCUT2D eigenvalue weighted by Crippen LogP contribution is -2.13. The molecule has 0 amide bonds. The molecule has 0 aliphatic rings. The molecule has 0 saturated carbocycles. The fraction of sp³-hybridized carbons (Fsp3) is 0.444. The summed E-state index contributed by atoms with van der Waals surface area (Å²) in [6.45, 7) is 4.04. The minimum absolute atomic E-state index is 0.304. The molecule has 0 aliphatic heterocycles. The van der Waals surface area contributed by atoms with Crippen molar-refractivity contribution in [3.05, 3.63) is 30.1 Å². The highest BCUT2D eigenvalue weighted by molar-refractivity contribution is 6.23. The van der Waals surface area contributed by atoms with Crippen molar-refractivity contribution in [1.29, 1.82) is 0 Å². The number of halogens is 1. The molecule has 1 aromatic heterocycles. The van der Waals surface area contributed by atoms with Gasteiger partial charge in [0.1, 0.15) is 0 Å². The molecule has 1 aromatic rings. The van der Waals surface area contributed by atoms with Gasteiger partial charge in [-0.25, -0.2) is 0 Å². The number of aromatic nitrogens is 1. The molecule has 1 atom stereocenters. The minimum Gasteiger partial charge on any atom is -0.259 e. The van der Waals surface area contributed by atoms with Crippen LogP contribution in [0.15, 0.2) is 24.4 Å². The number of rotatable bonds is 2. The maximum Gasteiger partial charge on any atom is 0.0835 e. The highest BCUT2D eigenvalue weighted by Gasteiger charge is 2.21. The first-order valence-electron chi connectivity index (χ1n) is 3.77. The summed E-state index contributed by atoms with van der Waals surface area (Å²) in [5.41, 5.74) is 0.948. The van der Waals surface area contributed by atoms with Crippen molar-refractivity contribution in [3.63, 3.8) is 0 Å². The smallest absolute Gasteiger partial charge is 0.0835 e. The summed E-state index contributed by atoms with van der Waals surface area (Å²) in [4.78, 5) is 3.88. The average molecular weight is 170 g/mol. The molecule has 0 N–H and O–H groups in total. The Labute approximate surface area is 72.4 Å². The first-order valence-corrected chi connectivity index (χ1v) is 4.15. The van der Waals surface area contributed by atoms with Crippen LogP contribution in [0.4, 0.5) is 0 Å². The van der Waals surface area contributed by atoms with Crippen LogP contribution in [0.2, 0.25) is 0 Å². The maximum atomic E-state index is 6.18. The van der Waals surface area contributed by atoms with E-state index in [0.29, 0.717) is 0 Å². The van der Waals surface area contributed by atoms with Gasteiger partial charge in [-0.15, -0.1) is 11.6 Å². The van der Waals surface area contributed by atoms with Gasteiger partial charge >= 0.3 is 0 Å². The zero-order chi connectivity index (χ0) is 8.32. The van der Waals surface area contributed by atoms with Crippen molar-refractivity contribution in [2.45, 2.75) is 25.1 Å². The van der Waals surface area contributed by atoms with E-state index in [2.05, 4.69) is 11.9 Å². The quantitative estimate of drug-likeness (QED) is 0.621. The first kappa shape index (κ1) is 8.54. The van der Waals surface area contributed by atoms with E-state index in [0.717, 1.165) is 12.1 Å². The van der Waals surface area contributed by atoms with E-state index in [1.165, 1.54) is 0 Å². The zero-order valence-electron chi connectivity index (χ0n) is 6.84. The molecule has 0 bridgehead atoms. The average Bonchev–Trinajstić information content (AvgIpc) is 2.06. The van der Waals surface area contributed by atoms with E-state index < -0.39 is 0 Å². The summed E-state index contributed by atoms with van der Waals surface area (Å²) >= 11 is 6.18. The fourth-order valence-corrected chi connectivity index (χ4v) is 0.964. The van der Waals surface area contributed by atoms with Gasteiger partial charge in [0.15, 0.2) is 0 Å². The van der Waals surface area contributed by atoms with Gasteiger partial charge in [-0.05, 0) is 25.5 Å². The van der Waals surface area contributed by atoms with Crippen molar-refractivity contribution in [2.24, 2.45) is 0 Å². The highest BCUT2D eigenvalue weighted by atomic mass is 35.5. The SMILES string of the molecule is CCC(C)(Cl)c1ccccn1. The molecular weight excluding hydrogens is 158 g/mol. The normalized spacial score (nSPS) is 15.9. The van der Waals surface area contributed by atoms with Crippen LogP contribution >= 0.6 is 11.6 Å². The Balaban J connectivity index is 2.93. The lowest BCUT2D eigenvalue weighted by molar-refractivity contribution is 0.628. The second-order valence-electron chi connectivity index (χ2n) is 2.77. The van der Waals surface area contributed by atoms with Crippen LogP contribution < -0.4 is 0 Å². The minimum atomic E-state index is -0.304. The molecule has 0 fully saturated rings. The second kappa shape index (κ2) is 3.22. The molecule has 2 heteroatoms. The summed E-state index contributed by atoms with van der Waals surface area (Å²) in [6.07, 6.45) is 2.66. The number of pyridine rings is 1. The van der Waals surface area contributed by atoms with E-state index >= 15 is 0 Å². The molecule has 1 rings (SSSR count). The molecule has 1 nitrogen and oxygen atoms in total. The predicted octanol–water partition coefficient (Wildman–Crippen LogP) is 2.95. The van der Waals surface area contributed by atoms with Crippen LogP contribution in [-0.2, 0) is 4.87 Å². The predicted molar refractivity (Wildman–Crippen MR) is 47.7 cm³/mol. The summed E-state index contributed by atoms with van der Waals surface area (Å²) < 4.78 is 0. The van der Waals surface area contributed by atoms with Gasteiger partial charge < -0.3 is 0 Å². The van der Waals surface area contributed by atoms with E-state index in [-0.39, 0.29) is 4.87 Å². The molecule has 60 valence electrons. The monoisotopic (exact) mass is 169 g/mol. The third-order valence-electron chi connectivity index (χ3n) is 1.86. The largest absolute Gasteiger partial charge is 0.259 e. The summed E-state index contributed by atoms with van der Waals surface area (Å²) in [6, 6.07) is 5.81. The van der Waals surface area contributed by atoms with Crippen LogP contribution in [-0.4, -0.2) is 4.98 Å². The molecule has 0 aliphatic carbocycles. The Bertz CT molecular complexity index is 218. The molecule has 0 radical (unpaired) electrons. The van der Waals surface area contributed by atoms with Crippen molar-refractivity contribution in [1.82, 2.24) is 4.98 Å². The van der Waals surface area contributed by atoms with Gasteiger partial charge in [-0.1, -0.05) is 13.0 Å². The molecule has 11 heavy (non-hydrogen) atoms. The Hall–Kier alpha value is -0.560. The van der Waals surface area contributed by atoms with Crippen molar-refractivity contribution in [3.8, 4) is 0 Å². The second-order valence-corrected chi connectivity index (χ2v) is 3.60. The van der Waals surface area contributed by atoms with Gasteiger partial charge in [0.2, 0.25) is 0 Å². The summed E-state index contributed by atoms with van der Waals surface area (Å²) in [5.74, 6) is 0. The van der Waals surface area contributed by atoms with Crippen LogP contribution in [0, 0.1) is 0 Å². The fourth-order valence-electron chi connectivity index (χ4n) is 0.852. The number of hydrogen-bond donors (Lipinski definition) is 0. The molecule has 1 heterocycles. The lowest BCUT2D eigenvalue weighted by atomic mass is 10.0. The van der Waals surface area contributed by atoms with Crippen LogP contribution in [0.5, 0.6) is 0 Å². The Morgan fingerprint density at radius 3 is 2.73 bits per heavy atom. The van der Waals surface area contributed by atoms with Gasteiger partial charge in [0.25, 0.3) is 0 Å². The van der Waals surface area contributed by atoms with Gasteiger partial charge in [0.05, 0.1) is 10.6 Å². The molecule has 0 spiro atoms. The van der Waals surface area contributed by atoms with Crippen molar-refractivity contribution >= 4 is 11.6 Å². The summed E-state index contributed by atoms with van der Waals surface area (Å²) in [5, 5.41) is 0. The van der Waals surface area contributed by atoms with Gasteiger partial charge in [-0.2, -0.15) is 0 Å². The van der Waals surface area contributed by atoms with Crippen LogP contribution in [0.25, 0.3) is 0 Å². The maximum absolute atomic E-state index is 6.18. The van der Waals surface area contributed by atoms with Crippen LogP contribution in [0.1, 0.15) is 26.0 Å². The number of hydrogen-bond acceptors (Lipinski definition) is 1. The highest BCUT2D eigenvalue weighted by Crippen LogP contribution is 2.29. The standard InChI is InChI=1S/C9H12ClN/c1-3-9(2,10)8-6-4-5-7-11-8/h4-7H,3H2,1-2H3. The molecule has 0 saturated heterocycles. The van der Waals surface area contributed by atoms with E-state index in [4.69, 9.17) is 11.6 Å². The molecule has 0 aromatic carbocycles. The molecular formula is C9H12ClN. The Morgan fingerprint density at radius 1 is 1.55 bits per heavy atom. The van der Waals surface area contributed by atoms with E-state index in [1.807, 2.05) is 25.1 Å². The molecule has 1 unspecified atom stereocenters. The van der Waals surface area contributed by atoms with E-state index in [1.54, 1.807) is 6.20 Å². The van der Waals surface area contributed by atoms with Crippen molar-refractivity contribution < 1.29 is 0 Å². The third-order valence-corrected chi connectivity index (χ3v) is 2.32. The Morgan fingerprint density at radius 2 is 2.27 bits per heavy atom. The Kier molecular flexibility index (Phi) is 2.50. The van der Waals surface area contributed by atoms with Crippen molar-refractivity contribution in [2.75, 3.05) is 0 Å². The zero-order valence-corrected chi connectivity index (χ0v) is 7.60. The summed E-state index contributed by atoms with van der Waals surface area (Å²) in [7, 11) is 0.